The van der Waals surface area contributed by atoms with Crippen molar-refractivity contribution in [3.05, 3.63) is 0 Å². The van der Waals surface area contributed by atoms with Crippen molar-refractivity contribution in [1.29, 1.82) is 5.26 Å². The Labute approximate surface area is 93.3 Å². The average Bonchev–Trinajstić information content (AvgIpc) is 2.30. The van der Waals surface area contributed by atoms with Crippen molar-refractivity contribution >= 4 is 0 Å². The fourth-order valence-electron chi connectivity index (χ4n) is 3.34. The lowest BCUT2D eigenvalue weighted by atomic mass is 9.75. The Bertz CT molecular complexity index is 243. The van der Waals surface area contributed by atoms with E-state index >= 15 is 0 Å². The molecule has 1 aliphatic carbocycles. The summed E-state index contributed by atoms with van der Waals surface area (Å²) >= 11 is 0. The first-order valence-electron chi connectivity index (χ1n) is 6.48. The minimum Gasteiger partial charge on any atom is -0.288 e. The molecule has 1 aliphatic heterocycles. The molecule has 1 saturated carbocycles. The van der Waals surface area contributed by atoms with Crippen molar-refractivity contribution in [2.75, 3.05) is 13.1 Å². The van der Waals surface area contributed by atoms with Gasteiger partial charge in [-0.2, -0.15) is 5.26 Å². The molecule has 84 valence electrons. The van der Waals surface area contributed by atoms with Gasteiger partial charge in [-0.25, -0.2) is 0 Å². The molecule has 2 heteroatoms. The van der Waals surface area contributed by atoms with Gasteiger partial charge in [0.2, 0.25) is 0 Å². The number of likely N-dealkylation sites (tertiary alicyclic amines) is 1. The summed E-state index contributed by atoms with van der Waals surface area (Å²) in [6.45, 7) is 4.48. The van der Waals surface area contributed by atoms with Crippen molar-refractivity contribution in [2.24, 2.45) is 11.8 Å². The molecule has 0 radical (unpaired) electrons. The van der Waals surface area contributed by atoms with Gasteiger partial charge in [0, 0.05) is 6.54 Å². The van der Waals surface area contributed by atoms with Crippen LogP contribution < -0.4 is 0 Å². The molecular weight excluding hydrogens is 184 g/mol. The summed E-state index contributed by atoms with van der Waals surface area (Å²) in [6, 6.07) is 2.62. The summed E-state index contributed by atoms with van der Waals surface area (Å²) < 4.78 is 0. The maximum Gasteiger partial charge on any atom is 0.0975 e. The number of nitriles is 1. The lowest BCUT2D eigenvalue weighted by Gasteiger charge is -2.42. The summed E-state index contributed by atoms with van der Waals surface area (Å²) in [5.74, 6) is 1.88. The molecule has 0 bridgehead atoms. The molecule has 1 heterocycles. The summed E-state index contributed by atoms with van der Waals surface area (Å²) in [7, 11) is 0. The Morgan fingerprint density at radius 2 is 2.00 bits per heavy atom. The first kappa shape index (κ1) is 11.0. The highest BCUT2D eigenvalue weighted by Crippen LogP contribution is 2.36. The van der Waals surface area contributed by atoms with Crippen molar-refractivity contribution in [3.63, 3.8) is 0 Å². The number of hydrogen-bond acceptors (Lipinski definition) is 2. The van der Waals surface area contributed by atoms with E-state index in [0.717, 1.165) is 24.8 Å². The zero-order valence-corrected chi connectivity index (χ0v) is 9.78. The third-order valence-electron chi connectivity index (χ3n) is 4.30. The lowest BCUT2D eigenvalue weighted by molar-refractivity contribution is 0.0704. The van der Waals surface area contributed by atoms with Gasteiger partial charge in [-0.1, -0.05) is 26.2 Å². The van der Waals surface area contributed by atoms with Gasteiger partial charge in [0.15, 0.2) is 0 Å². The first-order valence-corrected chi connectivity index (χ1v) is 6.48. The Hall–Kier alpha value is -0.550. The van der Waals surface area contributed by atoms with Crippen LogP contribution in [0.5, 0.6) is 0 Å². The maximum absolute atomic E-state index is 9.08. The van der Waals surface area contributed by atoms with Crippen LogP contribution in [0.15, 0.2) is 0 Å². The SMILES string of the molecule is CCC(C#N)N1CCC2CCCCC2C1. The van der Waals surface area contributed by atoms with Gasteiger partial charge in [-0.15, -0.1) is 0 Å². The van der Waals surface area contributed by atoms with Gasteiger partial charge >= 0.3 is 0 Å². The number of nitrogens with zero attached hydrogens (tertiary/aromatic N) is 2. The minimum absolute atomic E-state index is 0.174. The third-order valence-corrected chi connectivity index (χ3v) is 4.30. The van der Waals surface area contributed by atoms with Crippen LogP contribution in [0.25, 0.3) is 0 Å². The molecule has 15 heavy (non-hydrogen) atoms. The summed E-state index contributed by atoms with van der Waals surface area (Å²) in [6.07, 6.45) is 8.02. The van der Waals surface area contributed by atoms with Gasteiger partial charge in [0.1, 0.15) is 0 Å². The first-order chi connectivity index (χ1) is 7.35. The highest BCUT2D eigenvalue weighted by molar-refractivity contribution is 4.94. The molecule has 0 spiro atoms. The van der Waals surface area contributed by atoms with E-state index in [-0.39, 0.29) is 6.04 Å². The highest BCUT2D eigenvalue weighted by Gasteiger charge is 2.33. The molecule has 1 saturated heterocycles. The molecule has 3 unspecified atom stereocenters. The fourth-order valence-corrected chi connectivity index (χ4v) is 3.34. The normalized spacial score (nSPS) is 34.1. The van der Waals surface area contributed by atoms with Crippen LogP contribution in [-0.2, 0) is 0 Å². The lowest BCUT2D eigenvalue weighted by Crippen LogP contribution is -2.46. The molecule has 2 rings (SSSR count). The van der Waals surface area contributed by atoms with Crippen LogP contribution in [0, 0.1) is 23.2 Å². The summed E-state index contributed by atoms with van der Waals surface area (Å²) in [4.78, 5) is 2.42. The molecule has 0 amide bonds. The van der Waals surface area contributed by atoms with E-state index < -0.39 is 0 Å². The molecular formula is C13H22N2. The van der Waals surface area contributed by atoms with Gasteiger partial charge in [0.25, 0.3) is 0 Å². The summed E-state index contributed by atoms with van der Waals surface area (Å²) in [5, 5.41) is 9.08. The Morgan fingerprint density at radius 3 is 2.67 bits per heavy atom. The van der Waals surface area contributed by atoms with Gasteiger partial charge in [0.05, 0.1) is 12.1 Å². The number of piperidine rings is 1. The van der Waals surface area contributed by atoms with Crippen LogP contribution in [-0.4, -0.2) is 24.0 Å². The smallest absolute Gasteiger partial charge is 0.0975 e. The van der Waals surface area contributed by atoms with Crippen LogP contribution in [0.1, 0.15) is 45.4 Å². The predicted molar refractivity (Wildman–Crippen MR) is 61.3 cm³/mol. The zero-order chi connectivity index (χ0) is 10.7. The topological polar surface area (TPSA) is 27.0 Å². The monoisotopic (exact) mass is 206 g/mol. The molecule has 0 aromatic carbocycles. The quantitative estimate of drug-likeness (QED) is 0.694. The van der Waals surface area contributed by atoms with E-state index in [1.807, 2.05) is 0 Å². The Kier molecular flexibility index (Phi) is 3.64. The van der Waals surface area contributed by atoms with Crippen molar-refractivity contribution in [3.8, 4) is 6.07 Å². The predicted octanol–water partition coefficient (Wildman–Crippen LogP) is 2.80. The van der Waals surface area contributed by atoms with Crippen LogP contribution in [0.3, 0.4) is 0 Å². The van der Waals surface area contributed by atoms with Crippen molar-refractivity contribution < 1.29 is 0 Å². The Balaban J connectivity index is 1.93. The van der Waals surface area contributed by atoms with Gasteiger partial charge < -0.3 is 0 Å². The highest BCUT2D eigenvalue weighted by atomic mass is 15.2. The molecule has 0 N–H and O–H groups in total. The molecule has 2 aliphatic rings. The van der Waals surface area contributed by atoms with Gasteiger partial charge in [-0.3, -0.25) is 4.90 Å². The van der Waals surface area contributed by atoms with Crippen LogP contribution >= 0.6 is 0 Å². The molecule has 0 aromatic heterocycles. The molecule has 2 fully saturated rings. The van der Waals surface area contributed by atoms with E-state index in [9.17, 15) is 0 Å². The zero-order valence-electron chi connectivity index (χ0n) is 9.78. The fraction of sp³-hybridized carbons (Fsp3) is 0.923. The van der Waals surface area contributed by atoms with Gasteiger partial charge in [-0.05, 0) is 37.6 Å². The van der Waals surface area contributed by atoms with E-state index in [1.54, 1.807) is 0 Å². The molecule has 2 nitrogen and oxygen atoms in total. The second-order valence-electron chi connectivity index (χ2n) is 5.14. The minimum atomic E-state index is 0.174. The largest absolute Gasteiger partial charge is 0.288 e. The van der Waals surface area contributed by atoms with E-state index in [1.165, 1.54) is 38.6 Å². The summed E-state index contributed by atoms with van der Waals surface area (Å²) in [5.41, 5.74) is 0. The number of hydrogen-bond donors (Lipinski definition) is 0. The van der Waals surface area contributed by atoms with Crippen LogP contribution in [0.2, 0.25) is 0 Å². The molecule has 3 atom stereocenters. The van der Waals surface area contributed by atoms with Crippen molar-refractivity contribution in [2.45, 2.75) is 51.5 Å². The van der Waals surface area contributed by atoms with Crippen molar-refractivity contribution in [1.82, 2.24) is 4.90 Å². The maximum atomic E-state index is 9.08. The van der Waals surface area contributed by atoms with E-state index in [4.69, 9.17) is 5.26 Å². The van der Waals surface area contributed by atoms with E-state index in [0.29, 0.717) is 0 Å². The van der Waals surface area contributed by atoms with E-state index in [2.05, 4.69) is 17.9 Å². The Morgan fingerprint density at radius 1 is 1.27 bits per heavy atom. The number of fused-ring (bicyclic) bond motifs is 1. The second-order valence-corrected chi connectivity index (χ2v) is 5.14. The molecule has 0 aromatic rings. The standard InChI is InChI=1S/C13H22N2/c1-2-13(9-14)15-8-7-11-5-3-4-6-12(11)10-15/h11-13H,2-8,10H2,1H3. The average molecular weight is 206 g/mol. The third kappa shape index (κ3) is 2.34. The number of rotatable bonds is 2. The second kappa shape index (κ2) is 4.99. The van der Waals surface area contributed by atoms with Crippen LogP contribution in [0.4, 0.5) is 0 Å².